The average molecular weight is 754 g/mol. The number of hydrogen-bond acceptors (Lipinski definition) is 11. The predicted octanol–water partition coefficient (Wildman–Crippen LogP) is 5.49. The van der Waals surface area contributed by atoms with Crippen molar-refractivity contribution in [1.82, 2.24) is 4.98 Å². The number of nitrogens with zero attached hydrogens (tertiary/aromatic N) is 1. The molecule has 2 bridgehead atoms. The van der Waals surface area contributed by atoms with Crippen molar-refractivity contribution in [3.8, 4) is 5.75 Å². The van der Waals surface area contributed by atoms with Crippen LogP contribution in [0.25, 0.3) is 0 Å². The third kappa shape index (κ3) is 6.13. The predicted molar refractivity (Wildman–Crippen MR) is 196 cm³/mol. The van der Waals surface area contributed by atoms with Gasteiger partial charge in [0.15, 0.2) is 6.61 Å². The lowest BCUT2D eigenvalue weighted by molar-refractivity contribution is -0.123. The number of ether oxygens (including phenoxy) is 3. The topological polar surface area (TPSA) is 161 Å². The number of aromatic amines is 1. The molecule has 14 heteroatoms. The van der Waals surface area contributed by atoms with Gasteiger partial charge in [0, 0.05) is 21.7 Å². The van der Waals surface area contributed by atoms with E-state index in [1.165, 1.54) is 16.2 Å². The zero-order valence-electron chi connectivity index (χ0n) is 28.7. The lowest BCUT2D eigenvalue weighted by Gasteiger charge is -2.43. The molecular weight excluding hydrogens is 719 g/mol. The summed E-state index contributed by atoms with van der Waals surface area (Å²) in [4.78, 5) is 82.9. The van der Waals surface area contributed by atoms with Crippen LogP contribution in [0.4, 0.5) is 11.4 Å². The number of hydrogen-bond donors (Lipinski definition) is 2. The Morgan fingerprint density at radius 1 is 0.849 bits per heavy atom. The van der Waals surface area contributed by atoms with Crippen LogP contribution in [0.1, 0.15) is 57.3 Å². The van der Waals surface area contributed by atoms with Gasteiger partial charge in [-0.05, 0) is 104 Å². The Labute approximate surface area is 312 Å². The molecule has 2 N–H and O–H groups in total. The molecule has 2 saturated carbocycles. The van der Waals surface area contributed by atoms with E-state index >= 15 is 0 Å². The van der Waals surface area contributed by atoms with Gasteiger partial charge in [-0.15, -0.1) is 11.8 Å². The number of thiazole rings is 1. The minimum Gasteiger partial charge on any atom is -0.484 e. The zero-order chi connectivity index (χ0) is 37.0. The molecule has 1 aromatic heterocycles. The van der Waals surface area contributed by atoms with E-state index in [9.17, 15) is 28.8 Å². The van der Waals surface area contributed by atoms with Gasteiger partial charge in [-0.3, -0.25) is 24.1 Å². The van der Waals surface area contributed by atoms with Crippen molar-refractivity contribution >= 4 is 64.1 Å². The summed E-state index contributed by atoms with van der Waals surface area (Å²) in [5.41, 5.74) is 2.56. The third-order valence-electron chi connectivity index (χ3n) is 10.6. The fraction of sp³-hybridized carbons (Fsp3) is 0.333. The first-order valence-corrected chi connectivity index (χ1v) is 19.2. The second-order valence-corrected chi connectivity index (χ2v) is 15.6. The van der Waals surface area contributed by atoms with Crippen molar-refractivity contribution in [2.24, 2.45) is 29.6 Å². The zero-order valence-corrected chi connectivity index (χ0v) is 30.4. The number of benzene rings is 3. The number of H-pyrrole nitrogens is 1. The first-order chi connectivity index (χ1) is 25.7. The highest BCUT2D eigenvalue weighted by atomic mass is 32.2. The molecule has 3 heterocycles. The highest BCUT2D eigenvalue weighted by Gasteiger charge is 2.69. The molecule has 272 valence electrons. The van der Waals surface area contributed by atoms with Gasteiger partial charge in [-0.1, -0.05) is 23.5 Å². The van der Waals surface area contributed by atoms with Crippen LogP contribution < -0.4 is 19.8 Å². The number of carbonyl (C=O) groups is 5. The Hall–Kier alpha value is -5.21. The highest BCUT2D eigenvalue weighted by molar-refractivity contribution is 8.00. The number of amides is 3. The Kier molecular flexibility index (Phi) is 9.19. The smallest absolute Gasteiger partial charge is 0.338 e. The molecule has 2 aliphatic carbocycles. The number of imide groups is 1. The van der Waals surface area contributed by atoms with Crippen LogP contribution in [0.5, 0.6) is 5.75 Å². The van der Waals surface area contributed by atoms with Gasteiger partial charge in [0.25, 0.3) is 5.91 Å². The van der Waals surface area contributed by atoms with E-state index in [1.54, 1.807) is 80.2 Å². The first-order valence-electron chi connectivity index (χ1n) is 17.5. The van der Waals surface area contributed by atoms with Gasteiger partial charge >= 0.3 is 16.8 Å². The third-order valence-corrected chi connectivity index (χ3v) is 13.2. The summed E-state index contributed by atoms with van der Waals surface area (Å²) >= 11 is 2.77. The van der Waals surface area contributed by atoms with Crippen LogP contribution in [0.15, 0.2) is 82.6 Å². The van der Waals surface area contributed by atoms with E-state index in [1.807, 2.05) is 18.2 Å². The second kappa shape index (κ2) is 14.0. The summed E-state index contributed by atoms with van der Waals surface area (Å²) < 4.78 is 16.0. The van der Waals surface area contributed by atoms with E-state index < -0.39 is 23.8 Å². The van der Waals surface area contributed by atoms with Gasteiger partial charge in [-0.25, -0.2) is 9.59 Å². The van der Waals surface area contributed by atoms with E-state index in [0.717, 1.165) is 21.9 Å². The van der Waals surface area contributed by atoms with Gasteiger partial charge in [0.05, 0.1) is 46.9 Å². The highest BCUT2D eigenvalue weighted by Crippen LogP contribution is 2.68. The number of nitrogens with one attached hydrogen (secondary N) is 2. The van der Waals surface area contributed by atoms with Crippen molar-refractivity contribution < 1.29 is 38.2 Å². The minimum absolute atomic E-state index is 0.00235. The fourth-order valence-electron chi connectivity index (χ4n) is 8.65. The van der Waals surface area contributed by atoms with E-state index in [0.29, 0.717) is 28.3 Å². The number of anilines is 2. The number of esters is 2. The van der Waals surface area contributed by atoms with Crippen LogP contribution in [0.2, 0.25) is 0 Å². The van der Waals surface area contributed by atoms with Gasteiger partial charge in [0.1, 0.15) is 5.75 Å². The lowest BCUT2D eigenvalue weighted by atomic mass is 9.68. The Bertz CT molecular complexity index is 2180. The molecule has 3 amide bonds. The normalized spacial score (nSPS) is 25.0. The molecule has 0 spiro atoms. The molecule has 12 nitrogen and oxygen atoms in total. The molecule has 2 aliphatic heterocycles. The molecular formula is C39H35N3O9S2. The molecule has 4 aliphatic rings. The maximum absolute atomic E-state index is 14.2. The largest absolute Gasteiger partial charge is 0.484 e. The fourth-order valence-corrected chi connectivity index (χ4v) is 11.5. The number of carbonyl (C=O) groups excluding carboxylic acids is 5. The number of thioether (sulfide) groups is 1. The minimum atomic E-state index is -0.492. The van der Waals surface area contributed by atoms with Gasteiger partial charge in [-0.2, -0.15) is 0 Å². The molecule has 0 unspecified atom stereocenters. The summed E-state index contributed by atoms with van der Waals surface area (Å²) in [6.45, 7) is 3.70. The maximum atomic E-state index is 14.2. The van der Waals surface area contributed by atoms with Crippen LogP contribution in [-0.4, -0.2) is 59.7 Å². The van der Waals surface area contributed by atoms with Gasteiger partial charge < -0.3 is 24.5 Å². The van der Waals surface area contributed by atoms with E-state index in [-0.39, 0.29) is 71.3 Å². The van der Waals surface area contributed by atoms with Gasteiger partial charge in [0.2, 0.25) is 11.8 Å². The van der Waals surface area contributed by atoms with Crippen LogP contribution in [-0.2, 0) is 23.9 Å². The van der Waals surface area contributed by atoms with E-state index in [4.69, 9.17) is 14.2 Å². The van der Waals surface area contributed by atoms with Crippen molar-refractivity contribution in [3.05, 3.63) is 104 Å². The SMILES string of the molecule is CCOC(=O)c1ccc(NC(=O)COc2cccc([C@@H]3c4sc(=O)[nH]c4S[C@@H]4[C@@H]5C[C@@H]([C@@H]6C(=O)N(c7ccc(C(=O)OCC)cc7)C(=O)[C@@H]56)[C@H]34)c2)cc1. The van der Waals surface area contributed by atoms with Crippen molar-refractivity contribution in [3.63, 3.8) is 0 Å². The molecule has 0 radical (unpaired) electrons. The van der Waals surface area contributed by atoms with Crippen molar-refractivity contribution in [1.29, 1.82) is 0 Å². The lowest BCUT2D eigenvalue weighted by Crippen LogP contribution is -2.42. The number of fused-ring (bicyclic) bond motifs is 9. The van der Waals surface area contributed by atoms with Crippen molar-refractivity contribution in [2.75, 3.05) is 30.0 Å². The summed E-state index contributed by atoms with van der Waals surface area (Å²) in [6.07, 6.45) is 0.734. The Balaban J connectivity index is 1.02. The molecule has 53 heavy (non-hydrogen) atoms. The summed E-state index contributed by atoms with van der Waals surface area (Å²) in [6, 6.07) is 20.2. The molecule has 3 fully saturated rings. The monoisotopic (exact) mass is 753 g/mol. The average Bonchev–Trinajstić information content (AvgIpc) is 3.90. The van der Waals surface area contributed by atoms with Crippen molar-refractivity contribution in [2.45, 2.75) is 36.5 Å². The molecule has 3 aromatic carbocycles. The molecule has 8 rings (SSSR count). The molecule has 1 saturated heterocycles. The molecule has 4 aromatic rings. The first kappa shape index (κ1) is 34.9. The second-order valence-electron chi connectivity index (χ2n) is 13.4. The number of rotatable bonds is 10. The Morgan fingerprint density at radius 3 is 2.15 bits per heavy atom. The number of aromatic nitrogens is 1. The van der Waals surface area contributed by atoms with Crippen LogP contribution >= 0.6 is 23.1 Å². The summed E-state index contributed by atoms with van der Waals surface area (Å²) in [5.74, 6) is -2.64. The Morgan fingerprint density at radius 2 is 1.49 bits per heavy atom. The van der Waals surface area contributed by atoms with Crippen LogP contribution in [0, 0.1) is 29.6 Å². The summed E-state index contributed by atoms with van der Waals surface area (Å²) in [7, 11) is 0. The standard InChI is InChI=1S/C39H35N3O9S2/c1-3-49-37(46)19-8-12-22(13-9-19)40-27(43)18-51-24-7-5-6-21(16-24)28-29-25-17-26(32(29)52-34-33(28)53-39(48)41-34)31-30(25)35(44)42(36(31)45)23-14-10-20(11-15-23)38(47)50-4-2/h5-16,25-26,28-32H,3-4,17-18H2,1-2H3,(H,40,43)(H,41,48)/t25-,26-,28+,29-,30+,31+,32-/m1/s1. The molecule has 7 atom stereocenters. The quantitative estimate of drug-likeness (QED) is 0.157. The maximum Gasteiger partial charge on any atom is 0.338 e. The summed E-state index contributed by atoms with van der Waals surface area (Å²) in [5, 5.41) is 3.56. The van der Waals surface area contributed by atoms with E-state index in [2.05, 4.69) is 10.3 Å². The van der Waals surface area contributed by atoms with Crippen LogP contribution in [0.3, 0.4) is 0 Å².